The maximum absolute atomic E-state index is 11.8. The van der Waals surface area contributed by atoms with E-state index < -0.39 is 11.9 Å². The van der Waals surface area contributed by atoms with Crippen molar-refractivity contribution in [1.29, 1.82) is 0 Å². The van der Waals surface area contributed by atoms with Crippen molar-refractivity contribution in [2.75, 3.05) is 19.8 Å². The smallest absolute Gasteiger partial charge is 0.338 e. The summed E-state index contributed by atoms with van der Waals surface area (Å²) in [4.78, 5) is 23.5. The van der Waals surface area contributed by atoms with Crippen molar-refractivity contribution in [2.24, 2.45) is 0 Å². The van der Waals surface area contributed by atoms with Gasteiger partial charge in [0.2, 0.25) is 0 Å². The summed E-state index contributed by atoms with van der Waals surface area (Å²) in [6.07, 6.45) is 0. The van der Waals surface area contributed by atoms with Crippen molar-refractivity contribution in [3.63, 3.8) is 0 Å². The van der Waals surface area contributed by atoms with E-state index in [0.717, 1.165) is 11.3 Å². The zero-order valence-corrected chi connectivity index (χ0v) is 15.1. The fourth-order valence-electron chi connectivity index (χ4n) is 1.95. The number of benzene rings is 2. The van der Waals surface area contributed by atoms with Crippen LogP contribution in [-0.4, -0.2) is 31.6 Å². The molecule has 0 bridgehead atoms. The molecular formula is C18H17Cl2NO4. The molecule has 132 valence electrons. The molecule has 1 amide bonds. The van der Waals surface area contributed by atoms with E-state index >= 15 is 0 Å². The van der Waals surface area contributed by atoms with Crippen LogP contribution in [0.2, 0.25) is 10.0 Å². The highest BCUT2D eigenvalue weighted by Crippen LogP contribution is 2.22. The molecule has 0 radical (unpaired) electrons. The van der Waals surface area contributed by atoms with Gasteiger partial charge < -0.3 is 14.8 Å². The molecule has 0 aliphatic rings. The SMILES string of the molecule is Cc1cccc(OCCNC(=O)COC(=O)c2ccc(Cl)c(Cl)c2)c1. The number of hydrogen-bond acceptors (Lipinski definition) is 4. The van der Waals surface area contributed by atoms with Gasteiger partial charge in [-0.1, -0.05) is 35.3 Å². The quantitative estimate of drug-likeness (QED) is 0.587. The first-order valence-corrected chi connectivity index (χ1v) is 8.29. The van der Waals surface area contributed by atoms with Gasteiger partial charge in [0.25, 0.3) is 5.91 Å². The van der Waals surface area contributed by atoms with Crippen LogP contribution in [0.25, 0.3) is 0 Å². The fourth-order valence-corrected chi connectivity index (χ4v) is 2.25. The number of halogens is 2. The zero-order valence-electron chi connectivity index (χ0n) is 13.6. The van der Waals surface area contributed by atoms with Crippen molar-refractivity contribution in [3.05, 3.63) is 63.6 Å². The summed E-state index contributed by atoms with van der Waals surface area (Å²) in [7, 11) is 0. The van der Waals surface area contributed by atoms with E-state index in [-0.39, 0.29) is 17.2 Å². The standard InChI is InChI=1S/C18H17Cl2NO4/c1-12-3-2-4-14(9-12)24-8-7-21-17(22)11-25-18(23)13-5-6-15(19)16(20)10-13/h2-6,9-10H,7-8,11H2,1H3,(H,21,22). The van der Waals surface area contributed by atoms with Crippen molar-refractivity contribution in [2.45, 2.75) is 6.92 Å². The van der Waals surface area contributed by atoms with Gasteiger partial charge in [0, 0.05) is 0 Å². The number of hydrogen-bond donors (Lipinski definition) is 1. The molecule has 5 nitrogen and oxygen atoms in total. The Bertz CT molecular complexity index is 764. The normalized spacial score (nSPS) is 10.2. The van der Waals surface area contributed by atoms with Crippen molar-refractivity contribution in [3.8, 4) is 5.75 Å². The Morgan fingerprint density at radius 1 is 1.08 bits per heavy atom. The Balaban J connectivity index is 1.68. The monoisotopic (exact) mass is 381 g/mol. The Hall–Kier alpha value is -2.24. The molecule has 0 heterocycles. The van der Waals surface area contributed by atoms with E-state index in [1.165, 1.54) is 18.2 Å². The van der Waals surface area contributed by atoms with Crippen molar-refractivity contribution < 1.29 is 19.1 Å². The molecule has 0 spiro atoms. The number of esters is 1. The van der Waals surface area contributed by atoms with Gasteiger partial charge in [0.1, 0.15) is 12.4 Å². The third kappa shape index (κ3) is 6.29. The minimum Gasteiger partial charge on any atom is -0.492 e. The van der Waals surface area contributed by atoms with E-state index in [1.807, 2.05) is 31.2 Å². The predicted octanol–water partition coefficient (Wildman–Crippen LogP) is 3.65. The number of carbonyl (C=O) groups is 2. The van der Waals surface area contributed by atoms with Gasteiger partial charge in [-0.15, -0.1) is 0 Å². The molecule has 0 fully saturated rings. The van der Waals surface area contributed by atoms with Crippen LogP contribution in [0.1, 0.15) is 15.9 Å². The largest absolute Gasteiger partial charge is 0.492 e. The number of nitrogens with one attached hydrogen (secondary N) is 1. The molecule has 0 saturated carbocycles. The van der Waals surface area contributed by atoms with Gasteiger partial charge in [0.15, 0.2) is 6.61 Å². The number of aryl methyl sites for hydroxylation is 1. The maximum atomic E-state index is 11.8. The Morgan fingerprint density at radius 3 is 2.60 bits per heavy atom. The van der Waals surface area contributed by atoms with Crippen LogP contribution in [0.5, 0.6) is 5.75 Å². The lowest BCUT2D eigenvalue weighted by atomic mass is 10.2. The van der Waals surface area contributed by atoms with Crippen molar-refractivity contribution >= 4 is 35.1 Å². The molecule has 0 unspecified atom stereocenters. The van der Waals surface area contributed by atoms with Crippen LogP contribution in [0.4, 0.5) is 0 Å². The van der Waals surface area contributed by atoms with Gasteiger partial charge in [-0.3, -0.25) is 4.79 Å². The summed E-state index contributed by atoms with van der Waals surface area (Å²) in [5, 5.41) is 3.19. The second kappa shape index (κ2) is 9.30. The Kier molecular flexibility index (Phi) is 7.10. The first-order valence-electron chi connectivity index (χ1n) is 7.54. The molecule has 0 aliphatic carbocycles. The molecule has 0 atom stereocenters. The molecule has 1 N–H and O–H groups in total. The summed E-state index contributed by atoms with van der Waals surface area (Å²) in [5.74, 6) is -0.328. The van der Waals surface area contributed by atoms with Gasteiger partial charge in [0.05, 0.1) is 22.2 Å². The number of rotatable bonds is 7. The molecule has 2 aromatic rings. The van der Waals surface area contributed by atoms with Crippen LogP contribution in [0.15, 0.2) is 42.5 Å². The summed E-state index contributed by atoms with van der Waals surface area (Å²) < 4.78 is 10.4. The molecule has 0 saturated heterocycles. The average molecular weight is 382 g/mol. The average Bonchev–Trinajstić information content (AvgIpc) is 2.59. The van der Waals surface area contributed by atoms with E-state index in [2.05, 4.69) is 5.32 Å². The maximum Gasteiger partial charge on any atom is 0.338 e. The summed E-state index contributed by atoms with van der Waals surface area (Å²) in [5.41, 5.74) is 1.32. The fraction of sp³-hybridized carbons (Fsp3) is 0.222. The predicted molar refractivity (Wildman–Crippen MR) is 96.4 cm³/mol. The zero-order chi connectivity index (χ0) is 18.2. The van der Waals surface area contributed by atoms with E-state index in [1.54, 1.807) is 0 Å². The van der Waals surface area contributed by atoms with Gasteiger partial charge >= 0.3 is 5.97 Å². The van der Waals surface area contributed by atoms with Crippen LogP contribution in [0, 0.1) is 6.92 Å². The van der Waals surface area contributed by atoms with Crippen LogP contribution in [0.3, 0.4) is 0 Å². The van der Waals surface area contributed by atoms with E-state index in [9.17, 15) is 9.59 Å². The van der Waals surface area contributed by atoms with Crippen LogP contribution in [-0.2, 0) is 9.53 Å². The Morgan fingerprint density at radius 2 is 1.88 bits per heavy atom. The number of amides is 1. The van der Waals surface area contributed by atoms with E-state index in [0.29, 0.717) is 18.2 Å². The second-order valence-electron chi connectivity index (χ2n) is 5.22. The minimum atomic E-state index is -0.648. The number of carbonyl (C=O) groups excluding carboxylic acids is 2. The number of ether oxygens (including phenoxy) is 2. The molecule has 2 rings (SSSR count). The molecule has 7 heteroatoms. The molecule has 0 aliphatic heterocycles. The third-order valence-corrected chi connectivity index (χ3v) is 3.91. The molecule has 2 aromatic carbocycles. The second-order valence-corrected chi connectivity index (χ2v) is 6.03. The van der Waals surface area contributed by atoms with Crippen molar-refractivity contribution in [1.82, 2.24) is 5.32 Å². The topological polar surface area (TPSA) is 64.6 Å². The molecule has 0 aromatic heterocycles. The third-order valence-electron chi connectivity index (χ3n) is 3.17. The summed E-state index contributed by atoms with van der Waals surface area (Å²) in [6.45, 7) is 2.20. The minimum absolute atomic E-state index is 0.227. The highest BCUT2D eigenvalue weighted by atomic mass is 35.5. The lowest BCUT2D eigenvalue weighted by Crippen LogP contribution is -2.32. The first-order chi connectivity index (χ1) is 12.0. The van der Waals surface area contributed by atoms with Crippen LogP contribution < -0.4 is 10.1 Å². The lowest BCUT2D eigenvalue weighted by molar-refractivity contribution is -0.124. The van der Waals surface area contributed by atoms with Gasteiger partial charge in [-0.05, 0) is 42.8 Å². The highest BCUT2D eigenvalue weighted by Gasteiger charge is 2.11. The highest BCUT2D eigenvalue weighted by molar-refractivity contribution is 6.42. The first kappa shape index (κ1) is 19.1. The lowest BCUT2D eigenvalue weighted by Gasteiger charge is -2.09. The van der Waals surface area contributed by atoms with E-state index in [4.69, 9.17) is 32.7 Å². The Labute approximate surface area is 155 Å². The van der Waals surface area contributed by atoms with Crippen LogP contribution >= 0.6 is 23.2 Å². The van der Waals surface area contributed by atoms with Gasteiger partial charge in [-0.2, -0.15) is 0 Å². The molecule has 25 heavy (non-hydrogen) atoms. The van der Waals surface area contributed by atoms with Gasteiger partial charge in [-0.25, -0.2) is 4.79 Å². The molecular weight excluding hydrogens is 365 g/mol. The summed E-state index contributed by atoms with van der Waals surface area (Å²) in [6, 6.07) is 12.0. The summed E-state index contributed by atoms with van der Waals surface area (Å²) >= 11 is 11.6.